The lowest BCUT2D eigenvalue weighted by atomic mass is 10.1. The molecule has 0 atom stereocenters. The van der Waals surface area contributed by atoms with E-state index in [9.17, 15) is 9.18 Å². The molecule has 0 aliphatic rings. The highest BCUT2D eigenvalue weighted by atomic mass is 79.9. The highest BCUT2D eigenvalue weighted by Gasteiger charge is 2.06. The van der Waals surface area contributed by atoms with Crippen molar-refractivity contribution in [2.45, 2.75) is 12.8 Å². The molecule has 0 unspecified atom stereocenters. The average molecular weight is 260 g/mol. The maximum atomic E-state index is 12.7. The average Bonchev–Trinajstić information content (AvgIpc) is 2.10. The lowest BCUT2D eigenvalue weighted by Gasteiger charge is -2.03. The Labute approximate surface area is 90.4 Å². The van der Waals surface area contributed by atoms with Crippen molar-refractivity contribution in [3.8, 4) is 0 Å². The minimum Gasteiger partial charge on any atom is -0.330 e. The van der Waals surface area contributed by atoms with Crippen LogP contribution in [0.25, 0.3) is 0 Å². The van der Waals surface area contributed by atoms with Gasteiger partial charge in [-0.15, -0.1) is 0 Å². The number of Topliss-reactive ketones (excluding diaryl/α,β-unsaturated/α-hetero) is 1. The molecule has 0 bridgehead atoms. The molecule has 0 saturated heterocycles. The Morgan fingerprint density at radius 2 is 2.21 bits per heavy atom. The van der Waals surface area contributed by atoms with Crippen LogP contribution in [0.2, 0.25) is 0 Å². The first kappa shape index (κ1) is 11.3. The van der Waals surface area contributed by atoms with Gasteiger partial charge in [0.05, 0.1) is 0 Å². The van der Waals surface area contributed by atoms with E-state index in [0.29, 0.717) is 23.9 Å². The molecule has 2 N–H and O–H groups in total. The molecule has 4 heteroatoms. The van der Waals surface area contributed by atoms with Gasteiger partial charge in [0.25, 0.3) is 0 Å². The smallest absolute Gasteiger partial charge is 0.138 e. The molecule has 0 amide bonds. The van der Waals surface area contributed by atoms with Crippen LogP contribution in [0, 0.1) is 5.82 Å². The van der Waals surface area contributed by atoms with Gasteiger partial charge < -0.3 is 5.73 Å². The molecule has 0 saturated carbocycles. The minimum atomic E-state index is -0.313. The SMILES string of the molecule is NCCC(=O)Cc1ccc(F)cc1Br. The van der Waals surface area contributed by atoms with Crippen molar-refractivity contribution in [3.63, 3.8) is 0 Å². The van der Waals surface area contributed by atoms with Crippen LogP contribution in [-0.4, -0.2) is 12.3 Å². The number of hydrogen-bond donors (Lipinski definition) is 1. The van der Waals surface area contributed by atoms with E-state index >= 15 is 0 Å². The Morgan fingerprint density at radius 3 is 2.79 bits per heavy atom. The van der Waals surface area contributed by atoms with Crippen LogP contribution >= 0.6 is 15.9 Å². The number of carbonyl (C=O) groups is 1. The Hall–Kier alpha value is -0.740. The molecule has 1 aromatic carbocycles. The maximum absolute atomic E-state index is 12.7. The van der Waals surface area contributed by atoms with Gasteiger partial charge in [-0.2, -0.15) is 0 Å². The summed E-state index contributed by atoms with van der Waals surface area (Å²) in [7, 11) is 0. The van der Waals surface area contributed by atoms with Crippen LogP contribution in [0.15, 0.2) is 22.7 Å². The van der Waals surface area contributed by atoms with E-state index in [4.69, 9.17) is 5.73 Å². The summed E-state index contributed by atoms with van der Waals surface area (Å²) in [6, 6.07) is 4.30. The molecule has 14 heavy (non-hydrogen) atoms. The lowest BCUT2D eigenvalue weighted by Crippen LogP contribution is -2.10. The normalized spacial score (nSPS) is 10.2. The Kier molecular flexibility index (Phi) is 4.22. The molecule has 0 spiro atoms. The van der Waals surface area contributed by atoms with Crippen molar-refractivity contribution in [3.05, 3.63) is 34.1 Å². The highest BCUT2D eigenvalue weighted by molar-refractivity contribution is 9.10. The van der Waals surface area contributed by atoms with Crippen LogP contribution in [-0.2, 0) is 11.2 Å². The summed E-state index contributed by atoms with van der Waals surface area (Å²) >= 11 is 3.20. The predicted octanol–water partition coefficient (Wildman–Crippen LogP) is 2.05. The molecule has 1 aromatic rings. The quantitative estimate of drug-likeness (QED) is 0.900. The van der Waals surface area contributed by atoms with E-state index < -0.39 is 0 Å². The van der Waals surface area contributed by atoms with Gasteiger partial charge in [-0.25, -0.2) is 4.39 Å². The Morgan fingerprint density at radius 1 is 1.50 bits per heavy atom. The van der Waals surface area contributed by atoms with Crippen molar-refractivity contribution < 1.29 is 9.18 Å². The van der Waals surface area contributed by atoms with Crippen LogP contribution < -0.4 is 5.73 Å². The number of nitrogens with two attached hydrogens (primary N) is 1. The number of ketones is 1. The van der Waals surface area contributed by atoms with Crippen LogP contribution in [0.4, 0.5) is 4.39 Å². The predicted molar refractivity (Wildman–Crippen MR) is 56.5 cm³/mol. The van der Waals surface area contributed by atoms with Crippen molar-refractivity contribution in [2.75, 3.05) is 6.54 Å². The lowest BCUT2D eigenvalue weighted by molar-refractivity contribution is -0.118. The third-order valence-corrected chi connectivity index (χ3v) is 2.56. The summed E-state index contributed by atoms with van der Waals surface area (Å²) < 4.78 is 13.3. The molecule has 0 aliphatic carbocycles. The number of rotatable bonds is 4. The molecular weight excluding hydrogens is 249 g/mol. The summed E-state index contributed by atoms with van der Waals surface area (Å²) in [5, 5.41) is 0. The number of hydrogen-bond acceptors (Lipinski definition) is 2. The first-order valence-electron chi connectivity index (χ1n) is 4.29. The van der Waals surface area contributed by atoms with E-state index in [0.717, 1.165) is 5.56 Å². The first-order chi connectivity index (χ1) is 6.63. The summed E-state index contributed by atoms with van der Waals surface area (Å²) in [5.41, 5.74) is 6.05. The second-order valence-corrected chi connectivity index (χ2v) is 3.84. The van der Waals surface area contributed by atoms with E-state index in [-0.39, 0.29) is 11.6 Å². The largest absolute Gasteiger partial charge is 0.330 e. The fraction of sp³-hybridized carbons (Fsp3) is 0.300. The molecule has 2 nitrogen and oxygen atoms in total. The van der Waals surface area contributed by atoms with Crippen LogP contribution in [0.1, 0.15) is 12.0 Å². The number of halogens is 2. The van der Waals surface area contributed by atoms with E-state index in [1.807, 2.05) is 0 Å². The molecule has 0 fully saturated rings. The van der Waals surface area contributed by atoms with Gasteiger partial charge in [0, 0.05) is 17.3 Å². The fourth-order valence-corrected chi connectivity index (χ4v) is 1.62. The third-order valence-electron chi connectivity index (χ3n) is 1.83. The van der Waals surface area contributed by atoms with Crippen LogP contribution in [0.5, 0.6) is 0 Å². The Balaban J connectivity index is 2.72. The van der Waals surface area contributed by atoms with Gasteiger partial charge in [0.2, 0.25) is 0 Å². The second kappa shape index (κ2) is 5.22. The molecule has 0 aromatic heterocycles. The van der Waals surface area contributed by atoms with Gasteiger partial charge in [0.15, 0.2) is 0 Å². The standard InChI is InChI=1S/C10H11BrFNO/c11-10-6-8(12)2-1-7(10)5-9(14)3-4-13/h1-2,6H,3-5,13H2. The third kappa shape index (κ3) is 3.20. The van der Waals surface area contributed by atoms with Gasteiger partial charge in [0.1, 0.15) is 11.6 Å². The molecule has 0 aliphatic heterocycles. The van der Waals surface area contributed by atoms with Crippen molar-refractivity contribution in [1.82, 2.24) is 0 Å². The van der Waals surface area contributed by atoms with E-state index in [2.05, 4.69) is 15.9 Å². The zero-order valence-electron chi connectivity index (χ0n) is 7.59. The zero-order valence-corrected chi connectivity index (χ0v) is 9.18. The number of carbonyl (C=O) groups excluding carboxylic acids is 1. The zero-order chi connectivity index (χ0) is 10.6. The first-order valence-corrected chi connectivity index (χ1v) is 5.08. The van der Waals surface area contributed by atoms with Gasteiger partial charge >= 0.3 is 0 Å². The molecule has 0 radical (unpaired) electrons. The van der Waals surface area contributed by atoms with Crippen molar-refractivity contribution in [1.29, 1.82) is 0 Å². The summed E-state index contributed by atoms with van der Waals surface area (Å²) in [6.07, 6.45) is 0.669. The van der Waals surface area contributed by atoms with Gasteiger partial charge in [-0.05, 0) is 24.2 Å². The van der Waals surface area contributed by atoms with Crippen LogP contribution in [0.3, 0.4) is 0 Å². The molecule has 1 rings (SSSR count). The second-order valence-electron chi connectivity index (χ2n) is 2.99. The molecular formula is C10H11BrFNO. The van der Waals surface area contributed by atoms with Crippen molar-refractivity contribution in [2.24, 2.45) is 5.73 Å². The summed E-state index contributed by atoms with van der Waals surface area (Å²) in [4.78, 5) is 11.3. The monoisotopic (exact) mass is 259 g/mol. The molecule has 76 valence electrons. The maximum Gasteiger partial charge on any atom is 0.138 e. The minimum absolute atomic E-state index is 0.0693. The fourth-order valence-electron chi connectivity index (χ4n) is 1.13. The topological polar surface area (TPSA) is 43.1 Å². The highest BCUT2D eigenvalue weighted by Crippen LogP contribution is 2.18. The van der Waals surface area contributed by atoms with Gasteiger partial charge in [-0.3, -0.25) is 4.79 Å². The molecule has 0 heterocycles. The Bertz CT molecular complexity index is 341. The van der Waals surface area contributed by atoms with Crippen molar-refractivity contribution >= 4 is 21.7 Å². The van der Waals surface area contributed by atoms with E-state index in [1.165, 1.54) is 12.1 Å². The number of benzene rings is 1. The van der Waals surface area contributed by atoms with Gasteiger partial charge in [-0.1, -0.05) is 22.0 Å². The summed E-state index contributed by atoms with van der Waals surface area (Å²) in [6.45, 7) is 0.359. The summed E-state index contributed by atoms with van der Waals surface area (Å²) in [5.74, 6) is -0.244. The van der Waals surface area contributed by atoms with E-state index in [1.54, 1.807) is 6.07 Å².